The van der Waals surface area contributed by atoms with Crippen molar-refractivity contribution in [3.05, 3.63) is 16.7 Å². The maximum atomic E-state index is 5.77. The molecule has 1 aromatic rings. The van der Waals surface area contributed by atoms with E-state index in [1.54, 1.807) is 6.20 Å². The molecule has 4 heteroatoms. The highest BCUT2D eigenvalue weighted by Crippen LogP contribution is 2.56. The Bertz CT molecular complexity index is 479. The molecule has 4 aliphatic carbocycles. The van der Waals surface area contributed by atoms with Crippen LogP contribution in [0.1, 0.15) is 38.5 Å². The van der Waals surface area contributed by atoms with Crippen molar-refractivity contribution in [2.45, 2.75) is 44.1 Å². The lowest BCUT2D eigenvalue weighted by Crippen LogP contribution is -2.54. The van der Waals surface area contributed by atoms with Crippen LogP contribution in [0.3, 0.4) is 0 Å². The van der Waals surface area contributed by atoms with Crippen molar-refractivity contribution < 1.29 is 0 Å². The van der Waals surface area contributed by atoms with Crippen LogP contribution in [0, 0.1) is 17.8 Å². The van der Waals surface area contributed by atoms with Gasteiger partial charge in [0.1, 0.15) is 5.82 Å². The van der Waals surface area contributed by atoms with E-state index in [2.05, 4.69) is 26.2 Å². The molecule has 5 rings (SSSR count). The van der Waals surface area contributed by atoms with Gasteiger partial charge in [-0.05, 0) is 78.3 Å². The molecule has 0 saturated heterocycles. The number of hydrogen-bond donors (Lipinski definition) is 2. The third-order valence-corrected chi connectivity index (χ3v) is 5.89. The fraction of sp³-hybridized carbons (Fsp3) is 0.667. The van der Waals surface area contributed by atoms with Gasteiger partial charge < -0.3 is 11.1 Å². The fourth-order valence-corrected chi connectivity index (χ4v) is 5.53. The second-order valence-corrected chi connectivity index (χ2v) is 7.78. The first-order valence-electron chi connectivity index (χ1n) is 7.31. The quantitative estimate of drug-likeness (QED) is 0.870. The molecule has 4 saturated carbocycles. The number of anilines is 2. The van der Waals surface area contributed by atoms with Crippen molar-refractivity contribution in [2.75, 3.05) is 11.1 Å². The van der Waals surface area contributed by atoms with E-state index in [1.807, 2.05) is 6.07 Å². The highest BCUT2D eigenvalue weighted by Gasteiger charge is 2.51. The standard InChI is InChI=1S/C15H20BrN3/c16-13-4-12(17)8-18-14(13)19-15-5-9-1-10(6-15)3-11(2-9)7-15/h4,8-11H,1-3,5-7,17H2,(H,18,19). The molecule has 0 aromatic carbocycles. The molecule has 1 aromatic heterocycles. The molecule has 0 aliphatic heterocycles. The zero-order valence-corrected chi connectivity index (χ0v) is 12.6. The molecule has 4 aliphatic rings. The molecule has 0 atom stereocenters. The van der Waals surface area contributed by atoms with E-state index in [4.69, 9.17) is 5.73 Å². The summed E-state index contributed by atoms with van der Waals surface area (Å²) in [5.74, 6) is 3.82. The van der Waals surface area contributed by atoms with Gasteiger partial charge in [-0.2, -0.15) is 0 Å². The third kappa shape index (κ3) is 2.04. The zero-order valence-electron chi connectivity index (χ0n) is 11.0. The maximum Gasteiger partial charge on any atom is 0.140 e. The summed E-state index contributed by atoms with van der Waals surface area (Å²) in [7, 11) is 0. The van der Waals surface area contributed by atoms with Crippen LogP contribution in [-0.2, 0) is 0 Å². The number of nitrogens with two attached hydrogens (primary N) is 1. The summed E-state index contributed by atoms with van der Waals surface area (Å²) in [4.78, 5) is 4.47. The average Bonchev–Trinajstić information content (AvgIpc) is 2.31. The second-order valence-electron chi connectivity index (χ2n) is 6.92. The molecule has 3 N–H and O–H groups in total. The Morgan fingerprint density at radius 3 is 2.26 bits per heavy atom. The predicted molar refractivity (Wildman–Crippen MR) is 80.9 cm³/mol. The van der Waals surface area contributed by atoms with Crippen LogP contribution in [-0.4, -0.2) is 10.5 Å². The number of nitrogens with one attached hydrogen (secondary N) is 1. The van der Waals surface area contributed by atoms with Gasteiger partial charge in [0.15, 0.2) is 0 Å². The third-order valence-electron chi connectivity index (χ3n) is 5.28. The largest absolute Gasteiger partial charge is 0.397 e. The lowest BCUT2D eigenvalue weighted by molar-refractivity contribution is 0.0105. The molecule has 19 heavy (non-hydrogen) atoms. The molecule has 1 heterocycles. The number of nitrogens with zero attached hydrogens (tertiary/aromatic N) is 1. The average molecular weight is 322 g/mol. The Kier molecular flexibility index (Phi) is 2.60. The van der Waals surface area contributed by atoms with Gasteiger partial charge in [-0.25, -0.2) is 4.98 Å². The molecule has 0 radical (unpaired) electrons. The number of rotatable bonds is 2. The van der Waals surface area contributed by atoms with E-state index in [9.17, 15) is 0 Å². The number of aromatic nitrogens is 1. The lowest BCUT2D eigenvalue weighted by atomic mass is 9.53. The number of hydrogen-bond acceptors (Lipinski definition) is 3. The molecular weight excluding hydrogens is 302 g/mol. The van der Waals surface area contributed by atoms with Crippen molar-refractivity contribution >= 4 is 27.4 Å². The van der Waals surface area contributed by atoms with Gasteiger partial charge in [-0.1, -0.05) is 0 Å². The van der Waals surface area contributed by atoms with Crippen molar-refractivity contribution in [2.24, 2.45) is 17.8 Å². The summed E-state index contributed by atoms with van der Waals surface area (Å²) < 4.78 is 0.989. The van der Waals surface area contributed by atoms with Gasteiger partial charge in [0, 0.05) is 5.54 Å². The molecule has 0 amide bonds. The van der Waals surface area contributed by atoms with E-state index >= 15 is 0 Å². The summed E-state index contributed by atoms with van der Waals surface area (Å²) in [5.41, 5.74) is 6.79. The number of nitrogen functional groups attached to an aromatic ring is 1. The first-order valence-corrected chi connectivity index (χ1v) is 8.10. The van der Waals surface area contributed by atoms with Gasteiger partial charge in [0.25, 0.3) is 0 Å². The van der Waals surface area contributed by atoms with E-state index in [-0.39, 0.29) is 0 Å². The van der Waals surface area contributed by atoms with Crippen molar-refractivity contribution in [1.29, 1.82) is 0 Å². The first-order chi connectivity index (χ1) is 9.12. The Morgan fingerprint density at radius 1 is 1.16 bits per heavy atom. The van der Waals surface area contributed by atoms with Gasteiger partial charge in [0.05, 0.1) is 16.4 Å². The highest BCUT2D eigenvalue weighted by molar-refractivity contribution is 9.10. The smallest absolute Gasteiger partial charge is 0.140 e. The van der Waals surface area contributed by atoms with E-state index in [1.165, 1.54) is 38.5 Å². The van der Waals surface area contributed by atoms with Gasteiger partial charge in [0.2, 0.25) is 0 Å². The van der Waals surface area contributed by atoms with Gasteiger partial charge >= 0.3 is 0 Å². The van der Waals surface area contributed by atoms with Gasteiger partial charge in [-0.15, -0.1) is 0 Å². The van der Waals surface area contributed by atoms with Crippen LogP contribution in [0.25, 0.3) is 0 Å². The van der Waals surface area contributed by atoms with E-state index in [0.717, 1.165) is 28.0 Å². The topological polar surface area (TPSA) is 50.9 Å². The molecule has 3 nitrogen and oxygen atoms in total. The summed E-state index contributed by atoms with van der Waals surface area (Å²) in [6, 6.07) is 1.94. The monoisotopic (exact) mass is 321 g/mol. The Labute approximate surface area is 122 Å². The minimum Gasteiger partial charge on any atom is -0.397 e. The molecule has 0 unspecified atom stereocenters. The second kappa shape index (κ2) is 4.11. The van der Waals surface area contributed by atoms with Crippen LogP contribution in [0.15, 0.2) is 16.7 Å². The SMILES string of the molecule is Nc1cnc(NC23CC4CC(CC(C4)C2)C3)c(Br)c1. The van der Waals surface area contributed by atoms with Crippen LogP contribution >= 0.6 is 15.9 Å². The summed E-state index contributed by atoms with van der Waals surface area (Å²) in [6.07, 6.45) is 10.1. The minimum atomic E-state index is 0.306. The Hall–Kier alpha value is -0.770. The van der Waals surface area contributed by atoms with E-state index < -0.39 is 0 Å². The maximum absolute atomic E-state index is 5.77. The molecule has 0 spiro atoms. The van der Waals surface area contributed by atoms with Crippen molar-refractivity contribution in [1.82, 2.24) is 4.98 Å². The number of pyridine rings is 1. The van der Waals surface area contributed by atoms with Crippen LogP contribution in [0.2, 0.25) is 0 Å². The Balaban J connectivity index is 1.62. The van der Waals surface area contributed by atoms with Crippen molar-refractivity contribution in [3.8, 4) is 0 Å². The van der Waals surface area contributed by atoms with Crippen molar-refractivity contribution in [3.63, 3.8) is 0 Å². The normalized spacial score (nSPS) is 39.5. The van der Waals surface area contributed by atoms with Gasteiger partial charge in [-0.3, -0.25) is 0 Å². The molecule has 102 valence electrons. The predicted octanol–water partition coefficient (Wildman–Crippen LogP) is 3.81. The molecular formula is C15H20BrN3. The Morgan fingerprint density at radius 2 is 1.74 bits per heavy atom. The van der Waals surface area contributed by atoms with Crippen LogP contribution in [0.5, 0.6) is 0 Å². The number of halogens is 1. The van der Waals surface area contributed by atoms with Crippen LogP contribution < -0.4 is 11.1 Å². The van der Waals surface area contributed by atoms with Crippen LogP contribution in [0.4, 0.5) is 11.5 Å². The first kappa shape index (κ1) is 12.0. The minimum absolute atomic E-state index is 0.306. The molecule has 4 fully saturated rings. The summed E-state index contributed by atoms with van der Waals surface area (Å²) in [6.45, 7) is 0. The van der Waals surface area contributed by atoms with E-state index in [0.29, 0.717) is 11.2 Å². The lowest BCUT2D eigenvalue weighted by Gasteiger charge is -2.57. The zero-order chi connectivity index (χ0) is 13.0. The molecule has 4 bridgehead atoms. The summed E-state index contributed by atoms with van der Waals surface area (Å²) in [5, 5.41) is 3.77. The fourth-order valence-electron chi connectivity index (χ4n) is 5.06. The highest BCUT2D eigenvalue weighted by atomic mass is 79.9. The summed E-state index contributed by atoms with van der Waals surface area (Å²) >= 11 is 3.58.